The first-order chi connectivity index (χ1) is 19.8. The van der Waals surface area contributed by atoms with Gasteiger partial charge in [0.05, 0.1) is 41.0 Å². The third-order valence-electron chi connectivity index (χ3n) is 8.24. The third kappa shape index (κ3) is 4.83. The molecule has 0 spiro atoms. The number of aromatic amines is 1. The van der Waals surface area contributed by atoms with E-state index in [1.807, 2.05) is 30.3 Å². The summed E-state index contributed by atoms with van der Waals surface area (Å²) in [4.78, 5) is 16.2. The van der Waals surface area contributed by atoms with Gasteiger partial charge in [0.15, 0.2) is 0 Å². The van der Waals surface area contributed by atoms with Gasteiger partial charge in [0.1, 0.15) is 5.69 Å². The van der Waals surface area contributed by atoms with E-state index in [4.69, 9.17) is 16.7 Å². The Morgan fingerprint density at radius 2 is 1.95 bits per heavy atom. The van der Waals surface area contributed by atoms with Crippen LogP contribution in [0.15, 0.2) is 49.3 Å². The number of hydrogen-bond donors (Lipinski definition) is 1. The Bertz CT molecular complexity index is 1770. The molecule has 1 fully saturated rings. The molecule has 2 aromatic carbocycles. The van der Waals surface area contributed by atoms with E-state index >= 15 is 0 Å². The molecule has 0 bridgehead atoms. The van der Waals surface area contributed by atoms with Crippen LogP contribution in [0.4, 0.5) is 0 Å². The molecule has 1 N–H and O–H groups in total. The molecule has 0 radical (unpaired) electrons. The number of hydrogen-bond acceptors (Lipinski definition) is 5. The molecule has 212 valence electrons. The molecule has 5 aromatic rings. The number of likely N-dealkylation sites (N-methyl/N-ethyl adjacent to an activating group) is 1. The van der Waals surface area contributed by atoms with Gasteiger partial charge >= 0.3 is 0 Å². The Kier molecular flexibility index (Phi) is 7.17. The minimum absolute atomic E-state index is 0.0182. The highest BCUT2D eigenvalue weighted by atomic mass is 35.5. The molecule has 10 heteroatoms. The van der Waals surface area contributed by atoms with Gasteiger partial charge in [-0.15, -0.1) is 0 Å². The summed E-state index contributed by atoms with van der Waals surface area (Å²) in [5, 5.41) is 20.1. The predicted molar refractivity (Wildman–Crippen MR) is 164 cm³/mol. The highest BCUT2D eigenvalue weighted by molar-refractivity contribution is 6.36. The van der Waals surface area contributed by atoms with Crippen LogP contribution in [0.25, 0.3) is 44.2 Å². The molecule has 41 heavy (non-hydrogen) atoms. The van der Waals surface area contributed by atoms with Gasteiger partial charge in [-0.05, 0) is 70.6 Å². The van der Waals surface area contributed by atoms with Crippen molar-refractivity contribution in [1.29, 1.82) is 0 Å². The van der Waals surface area contributed by atoms with Crippen molar-refractivity contribution in [3.8, 4) is 22.4 Å². The molecule has 1 aliphatic rings. The van der Waals surface area contributed by atoms with Crippen LogP contribution in [0.3, 0.4) is 0 Å². The number of rotatable bonds is 7. The predicted octanol–water partition coefficient (Wildman–Crippen LogP) is 5.62. The number of halogens is 1. The number of likely N-dealkylation sites (tertiary alicyclic amines) is 1. The zero-order chi connectivity index (χ0) is 28.8. The van der Waals surface area contributed by atoms with E-state index in [0.717, 1.165) is 81.4 Å². The van der Waals surface area contributed by atoms with E-state index in [0.29, 0.717) is 18.1 Å². The average molecular weight is 571 g/mol. The van der Waals surface area contributed by atoms with Crippen molar-refractivity contribution in [2.75, 3.05) is 33.7 Å². The van der Waals surface area contributed by atoms with Crippen molar-refractivity contribution in [2.24, 2.45) is 0 Å². The van der Waals surface area contributed by atoms with Crippen molar-refractivity contribution >= 4 is 39.3 Å². The lowest BCUT2D eigenvalue weighted by molar-refractivity contribution is -0.127. The number of amides is 1. The number of nitrogens with zero attached hydrogens (tertiary/aromatic N) is 7. The summed E-state index contributed by atoms with van der Waals surface area (Å²) < 4.78 is 4.20. The van der Waals surface area contributed by atoms with Gasteiger partial charge in [0, 0.05) is 52.8 Å². The molecular formula is C31H35ClN8O. The normalized spacial score (nSPS) is 14.5. The van der Waals surface area contributed by atoms with E-state index < -0.39 is 0 Å². The van der Waals surface area contributed by atoms with Crippen molar-refractivity contribution in [3.63, 3.8) is 0 Å². The van der Waals surface area contributed by atoms with Gasteiger partial charge in [-0.1, -0.05) is 24.2 Å². The summed E-state index contributed by atoms with van der Waals surface area (Å²) in [5.41, 5.74) is 7.90. The first-order valence-corrected chi connectivity index (χ1v) is 14.4. The fourth-order valence-corrected chi connectivity index (χ4v) is 6.24. The molecule has 0 unspecified atom stereocenters. The lowest BCUT2D eigenvalue weighted by Crippen LogP contribution is -2.38. The first-order valence-electron chi connectivity index (χ1n) is 14.0. The minimum Gasteiger partial charge on any atom is -0.339 e. The Morgan fingerprint density at radius 1 is 1.17 bits per heavy atom. The number of carbonyl (C=O) groups excluding carboxylic acids is 1. The number of nitrogens with one attached hydrogen (secondary N) is 1. The fraction of sp³-hybridized carbons (Fsp3) is 0.355. The van der Waals surface area contributed by atoms with Crippen LogP contribution in [0.1, 0.15) is 30.1 Å². The van der Waals surface area contributed by atoms with Gasteiger partial charge < -0.3 is 9.80 Å². The van der Waals surface area contributed by atoms with E-state index in [1.165, 1.54) is 6.08 Å². The molecule has 0 saturated carbocycles. The first kappa shape index (κ1) is 27.2. The molecule has 9 nitrogen and oxygen atoms in total. The smallest absolute Gasteiger partial charge is 0.245 e. The number of aromatic nitrogens is 6. The Labute approximate surface area is 244 Å². The van der Waals surface area contributed by atoms with Crippen LogP contribution in [-0.4, -0.2) is 79.2 Å². The molecular weight excluding hydrogens is 536 g/mol. The monoisotopic (exact) mass is 570 g/mol. The lowest BCUT2D eigenvalue weighted by atomic mass is 9.94. The maximum atomic E-state index is 12.2. The highest BCUT2D eigenvalue weighted by Gasteiger charge is 2.29. The fourth-order valence-electron chi connectivity index (χ4n) is 5.99. The Hall–Kier alpha value is -3.95. The summed E-state index contributed by atoms with van der Waals surface area (Å²) in [6.07, 6.45) is 6.80. The highest BCUT2D eigenvalue weighted by Crippen LogP contribution is 2.44. The Balaban J connectivity index is 1.49. The van der Waals surface area contributed by atoms with Crippen LogP contribution in [0, 0.1) is 13.8 Å². The SMILES string of the molecule is C=CC(=O)N1CCC(n2nc(-c3ccc4c(cnn4CCN(C)C)c3)c(-c3c(Cl)c(C)cc4[nH]ncc34)c2C)CC1. The molecule has 1 amide bonds. The van der Waals surface area contributed by atoms with Crippen LogP contribution in [0.5, 0.6) is 0 Å². The molecule has 0 aliphatic carbocycles. The van der Waals surface area contributed by atoms with Gasteiger partial charge in [-0.2, -0.15) is 15.3 Å². The van der Waals surface area contributed by atoms with Crippen LogP contribution in [-0.2, 0) is 11.3 Å². The number of aryl methyl sites for hydroxylation is 1. The molecule has 6 rings (SSSR count). The second-order valence-corrected chi connectivity index (χ2v) is 11.6. The maximum Gasteiger partial charge on any atom is 0.245 e. The van der Waals surface area contributed by atoms with Crippen LogP contribution < -0.4 is 0 Å². The standard InChI is InChI=1S/C31H35ClN8O/c1-6-27(41)38-11-9-23(10-12-38)40-20(3)28(29-24-18-33-35-25(24)15-19(2)30(29)32)31(36-40)21-7-8-26-22(16-21)17-34-39(26)14-13-37(4)5/h6-8,15-18,23H,1,9-14H2,2-5H3,(H,33,35). The topological polar surface area (TPSA) is 87.9 Å². The van der Waals surface area contributed by atoms with Gasteiger partial charge in [0.25, 0.3) is 0 Å². The van der Waals surface area contributed by atoms with Crippen molar-refractivity contribution in [3.05, 3.63) is 65.6 Å². The molecule has 1 aliphatic heterocycles. The van der Waals surface area contributed by atoms with E-state index in [-0.39, 0.29) is 11.9 Å². The van der Waals surface area contributed by atoms with Crippen molar-refractivity contribution in [1.82, 2.24) is 39.6 Å². The van der Waals surface area contributed by atoms with E-state index in [2.05, 4.69) is 75.4 Å². The minimum atomic E-state index is -0.0182. The summed E-state index contributed by atoms with van der Waals surface area (Å²) >= 11 is 7.07. The summed E-state index contributed by atoms with van der Waals surface area (Å²) in [7, 11) is 4.14. The van der Waals surface area contributed by atoms with Gasteiger partial charge in [-0.3, -0.25) is 19.3 Å². The van der Waals surface area contributed by atoms with E-state index in [1.54, 1.807) is 0 Å². The molecule has 1 saturated heterocycles. The molecule has 0 atom stereocenters. The second kappa shape index (κ2) is 10.8. The lowest BCUT2D eigenvalue weighted by Gasteiger charge is -2.32. The zero-order valence-electron chi connectivity index (χ0n) is 24.0. The number of fused-ring (bicyclic) bond motifs is 2. The largest absolute Gasteiger partial charge is 0.339 e. The number of carbonyl (C=O) groups is 1. The quantitative estimate of drug-likeness (QED) is 0.256. The average Bonchev–Trinajstić information content (AvgIpc) is 3.69. The van der Waals surface area contributed by atoms with Crippen molar-refractivity contribution in [2.45, 2.75) is 39.3 Å². The number of piperidine rings is 1. The van der Waals surface area contributed by atoms with Crippen LogP contribution in [0.2, 0.25) is 5.02 Å². The maximum absolute atomic E-state index is 12.2. The summed E-state index contributed by atoms with van der Waals surface area (Å²) in [6, 6.07) is 8.64. The molecule has 3 aromatic heterocycles. The zero-order valence-corrected chi connectivity index (χ0v) is 24.7. The second-order valence-electron chi connectivity index (χ2n) is 11.2. The Morgan fingerprint density at radius 3 is 2.68 bits per heavy atom. The third-order valence-corrected chi connectivity index (χ3v) is 8.72. The number of benzene rings is 2. The van der Waals surface area contributed by atoms with Gasteiger partial charge in [-0.25, -0.2) is 0 Å². The van der Waals surface area contributed by atoms with Crippen molar-refractivity contribution < 1.29 is 4.79 Å². The van der Waals surface area contributed by atoms with E-state index in [9.17, 15) is 4.79 Å². The molecule has 4 heterocycles. The summed E-state index contributed by atoms with van der Waals surface area (Å²) in [5.74, 6) is -0.0182. The number of H-pyrrole nitrogens is 1. The van der Waals surface area contributed by atoms with Crippen LogP contribution >= 0.6 is 11.6 Å². The van der Waals surface area contributed by atoms with Gasteiger partial charge in [0.2, 0.25) is 5.91 Å². The summed E-state index contributed by atoms with van der Waals surface area (Å²) in [6.45, 7) is 10.9.